The maximum Gasteiger partial charge on any atom is 0.0393 e. The van der Waals surface area contributed by atoms with Gasteiger partial charge in [0.15, 0.2) is 0 Å². The first-order valence-corrected chi connectivity index (χ1v) is 12.5. The van der Waals surface area contributed by atoms with Gasteiger partial charge in [-0.25, -0.2) is 0 Å². The van der Waals surface area contributed by atoms with Gasteiger partial charge < -0.3 is 22.5 Å². The van der Waals surface area contributed by atoms with Crippen LogP contribution < -0.4 is 22.5 Å². The minimum absolute atomic E-state index is 0.823. The zero-order valence-electron chi connectivity index (χ0n) is 21.2. The summed E-state index contributed by atoms with van der Waals surface area (Å²) in [7, 11) is 0. The molecule has 0 atom stereocenters. The molecular weight excluding hydrogens is 440 g/mol. The van der Waals surface area contributed by atoms with Crippen molar-refractivity contribution in [2.24, 2.45) is 0 Å². The summed E-state index contributed by atoms with van der Waals surface area (Å²) < 4.78 is 0. The fourth-order valence-electron chi connectivity index (χ4n) is 3.93. The molecule has 0 bridgehead atoms. The lowest BCUT2D eigenvalue weighted by molar-refractivity contribution is 0.520. The highest BCUT2D eigenvalue weighted by atomic mass is 14.9. The largest absolute Gasteiger partial charge is 0.399 e. The van der Waals surface area contributed by atoms with E-state index >= 15 is 0 Å². The number of benzene rings is 5. The van der Waals surface area contributed by atoms with Gasteiger partial charge in [0.25, 0.3) is 0 Å². The van der Waals surface area contributed by atoms with Crippen LogP contribution in [0, 0.1) is 6.92 Å². The molecule has 0 unspecified atom stereocenters. The third-order valence-corrected chi connectivity index (χ3v) is 5.85. The van der Waals surface area contributed by atoms with Crippen molar-refractivity contribution >= 4 is 38.6 Å². The van der Waals surface area contributed by atoms with Crippen LogP contribution in [0.5, 0.6) is 0 Å². The first-order valence-electron chi connectivity index (χ1n) is 12.5. The summed E-state index contributed by atoms with van der Waals surface area (Å²) in [5, 5.41) is 8.06. The summed E-state index contributed by atoms with van der Waals surface area (Å²) >= 11 is 0. The molecule has 0 aromatic heterocycles. The van der Waals surface area contributed by atoms with Crippen molar-refractivity contribution in [2.75, 3.05) is 30.3 Å². The third-order valence-electron chi connectivity index (χ3n) is 5.85. The number of fused-ring (bicyclic) bond motifs is 2. The Labute approximate surface area is 215 Å². The van der Waals surface area contributed by atoms with Crippen LogP contribution in [-0.4, -0.2) is 13.1 Å². The topological polar surface area (TPSA) is 90.1 Å². The van der Waals surface area contributed by atoms with Crippen LogP contribution in [0.2, 0.25) is 0 Å². The number of anilines is 3. The molecule has 5 aromatic rings. The second-order valence-electron chi connectivity index (χ2n) is 8.90. The standard InChI is InChI=1S/2C10H9N.C7H9N.C5H11N/c11-10-7-3-5-8-4-1-2-6-9(8)10;11-10-6-5-8-3-1-2-4-9(8)7-10;1-6-3-2-4-7(8)5-6;1-2-4-6-5-3-1/h2*1-7H,11H2;2-5H,8H2,1H3;6H,1-5H2. The molecule has 1 aliphatic rings. The van der Waals surface area contributed by atoms with Crippen molar-refractivity contribution in [1.82, 2.24) is 5.32 Å². The zero-order valence-corrected chi connectivity index (χ0v) is 21.2. The Hall–Kier alpha value is -4.02. The lowest BCUT2D eigenvalue weighted by Gasteiger charge is -2.08. The van der Waals surface area contributed by atoms with Crippen molar-refractivity contribution in [2.45, 2.75) is 26.2 Å². The zero-order chi connectivity index (χ0) is 25.6. The van der Waals surface area contributed by atoms with Crippen molar-refractivity contribution in [3.63, 3.8) is 0 Å². The first kappa shape index (κ1) is 26.6. The molecule has 1 aliphatic heterocycles. The Morgan fingerprint density at radius 1 is 0.528 bits per heavy atom. The third kappa shape index (κ3) is 8.97. The van der Waals surface area contributed by atoms with Crippen LogP contribution in [0.25, 0.3) is 21.5 Å². The normalized spacial score (nSPS) is 12.2. The van der Waals surface area contributed by atoms with Crippen LogP contribution >= 0.6 is 0 Å². The molecule has 0 radical (unpaired) electrons. The SMILES string of the molecule is C1CCNCC1.Cc1cccc(N)c1.Nc1ccc2ccccc2c1.Nc1cccc2ccccc12. The Bertz CT molecular complexity index is 1300. The Kier molecular flexibility index (Phi) is 10.6. The molecule has 1 saturated heterocycles. The molecule has 1 fully saturated rings. The minimum atomic E-state index is 0.823. The number of hydrogen-bond donors (Lipinski definition) is 4. The number of nitrogens with two attached hydrogens (primary N) is 3. The minimum Gasteiger partial charge on any atom is -0.399 e. The molecule has 4 heteroatoms. The second-order valence-corrected chi connectivity index (χ2v) is 8.90. The Morgan fingerprint density at radius 3 is 1.72 bits per heavy atom. The summed E-state index contributed by atoms with van der Waals surface area (Å²) in [6.45, 7) is 4.52. The van der Waals surface area contributed by atoms with Gasteiger partial charge in [-0.1, -0.05) is 85.3 Å². The lowest BCUT2D eigenvalue weighted by Crippen LogP contribution is -2.21. The van der Waals surface area contributed by atoms with E-state index < -0.39 is 0 Å². The Balaban J connectivity index is 0.000000137. The number of hydrogen-bond acceptors (Lipinski definition) is 4. The maximum atomic E-state index is 5.76. The summed E-state index contributed by atoms with van der Waals surface area (Å²) in [6, 6.07) is 36.0. The van der Waals surface area contributed by atoms with E-state index in [1.54, 1.807) is 0 Å². The van der Waals surface area contributed by atoms with Gasteiger partial charge in [-0.2, -0.15) is 0 Å². The summed E-state index contributed by atoms with van der Waals surface area (Å²) in [6.07, 6.45) is 4.22. The van der Waals surface area contributed by atoms with Crippen molar-refractivity contribution < 1.29 is 0 Å². The molecule has 7 N–H and O–H groups in total. The molecule has 0 spiro atoms. The molecule has 6 rings (SSSR count). The number of nitrogen functional groups attached to an aromatic ring is 3. The molecule has 5 aromatic carbocycles. The molecule has 36 heavy (non-hydrogen) atoms. The fourth-order valence-corrected chi connectivity index (χ4v) is 3.93. The van der Waals surface area contributed by atoms with E-state index in [4.69, 9.17) is 17.2 Å². The van der Waals surface area contributed by atoms with E-state index in [2.05, 4.69) is 29.6 Å². The Morgan fingerprint density at radius 2 is 1.14 bits per heavy atom. The van der Waals surface area contributed by atoms with E-state index in [-0.39, 0.29) is 0 Å². The first-order chi connectivity index (χ1) is 17.5. The maximum absolute atomic E-state index is 5.76. The van der Waals surface area contributed by atoms with E-state index in [1.807, 2.05) is 91.9 Å². The van der Waals surface area contributed by atoms with E-state index in [9.17, 15) is 0 Å². The highest BCUT2D eigenvalue weighted by Crippen LogP contribution is 2.19. The number of aryl methyl sites for hydroxylation is 1. The van der Waals surface area contributed by atoms with Crippen LogP contribution in [0.15, 0.2) is 109 Å². The smallest absolute Gasteiger partial charge is 0.0393 e. The van der Waals surface area contributed by atoms with E-state index in [0.29, 0.717) is 0 Å². The number of rotatable bonds is 0. The van der Waals surface area contributed by atoms with Gasteiger partial charge in [0.05, 0.1) is 0 Å². The summed E-state index contributed by atoms with van der Waals surface area (Å²) in [5.41, 5.74) is 20.6. The van der Waals surface area contributed by atoms with E-state index in [1.165, 1.54) is 54.1 Å². The van der Waals surface area contributed by atoms with Crippen LogP contribution in [0.3, 0.4) is 0 Å². The quantitative estimate of drug-likeness (QED) is 0.177. The van der Waals surface area contributed by atoms with Crippen LogP contribution in [-0.2, 0) is 0 Å². The molecule has 0 aliphatic carbocycles. The molecule has 186 valence electrons. The highest BCUT2D eigenvalue weighted by Gasteiger charge is 1.94. The number of nitrogens with one attached hydrogen (secondary N) is 1. The average Bonchev–Trinajstić information content (AvgIpc) is 2.91. The van der Waals surface area contributed by atoms with Gasteiger partial charge in [-0.05, 0) is 84.9 Å². The monoisotopic (exact) mass is 478 g/mol. The molecule has 4 nitrogen and oxygen atoms in total. The van der Waals surface area contributed by atoms with Gasteiger partial charge in [0, 0.05) is 22.4 Å². The molecule has 1 heterocycles. The van der Waals surface area contributed by atoms with Gasteiger partial charge in [0.1, 0.15) is 0 Å². The predicted octanol–water partition coefficient (Wildman–Crippen LogP) is 7.18. The van der Waals surface area contributed by atoms with Gasteiger partial charge in [-0.3, -0.25) is 0 Å². The van der Waals surface area contributed by atoms with Crippen molar-refractivity contribution in [1.29, 1.82) is 0 Å². The molecular formula is C32H38N4. The average molecular weight is 479 g/mol. The van der Waals surface area contributed by atoms with Crippen molar-refractivity contribution in [3.8, 4) is 0 Å². The van der Waals surface area contributed by atoms with Crippen LogP contribution in [0.4, 0.5) is 17.1 Å². The number of piperidine rings is 1. The summed E-state index contributed by atoms with van der Waals surface area (Å²) in [4.78, 5) is 0. The predicted molar refractivity (Wildman–Crippen MR) is 159 cm³/mol. The van der Waals surface area contributed by atoms with E-state index in [0.717, 1.165) is 22.4 Å². The second kappa shape index (κ2) is 14.4. The van der Waals surface area contributed by atoms with Gasteiger partial charge in [-0.15, -0.1) is 0 Å². The van der Waals surface area contributed by atoms with Gasteiger partial charge >= 0.3 is 0 Å². The molecule has 0 amide bonds. The van der Waals surface area contributed by atoms with Crippen LogP contribution in [0.1, 0.15) is 24.8 Å². The highest BCUT2D eigenvalue weighted by molar-refractivity contribution is 5.92. The van der Waals surface area contributed by atoms with Crippen molar-refractivity contribution in [3.05, 3.63) is 115 Å². The fraction of sp³-hybridized carbons (Fsp3) is 0.188. The lowest BCUT2D eigenvalue weighted by atomic mass is 10.1. The van der Waals surface area contributed by atoms with Gasteiger partial charge in [0.2, 0.25) is 0 Å². The molecule has 0 saturated carbocycles. The summed E-state index contributed by atoms with van der Waals surface area (Å²) in [5.74, 6) is 0.